The van der Waals surface area contributed by atoms with Crippen LogP contribution in [0, 0.1) is 5.82 Å². The van der Waals surface area contributed by atoms with Gasteiger partial charge in [0.1, 0.15) is 12.4 Å². The van der Waals surface area contributed by atoms with Crippen LogP contribution in [0.3, 0.4) is 0 Å². The van der Waals surface area contributed by atoms with Crippen LogP contribution in [-0.2, 0) is 25.7 Å². The second kappa shape index (κ2) is 9.94. The fraction of sp³-hybridized carbons (Fsp3) is 0.167. The number of thiophene rings is 1. The van der Waals surface area contributed by atoms with Crippen LogP contribution < -0.4 is 5.69 Å². The summed E-state index contributed by atoms with van der Waals surface area (Å²) in [7, 11) is 0. The topological polar surface area (TPSA) is 78.7 Å². The molecule has 2 aromatic carbocycles. The fourth-order valence-corrected chi connectivity index (χ4v) is 4.73. The quantitative estimate of drug-likeness (QED) is 0.245. The smallest absolute Gasteiger partial charge is 0.339 e. The molecule has 13 heteroatoms. The van der Waals surface area contributed by atoms with Crippen LogP contribution in [0.5, 0.6) is 0 Å². The number of alkyl halides is 3. The molecule has 0 aliphatic rings. The third kappa shape index (κ3) is 5.49. The monoisotopic (exact) mass is 549 g/mol. The maximum absolute atomic E-state index is 14.3. The summed E-state index contributed by atoms with van der Waals surface area (Å²) in [5, 5.41) is 8.23. The average Bonchev–Trinajstić information content (AvgIpc) is 3.56. The summed E-state index contributed by atoms with van der Waals surface area (Å²) in [6, 6.07) is 14.3. The minimum atomic E-state index is -4.47. The molecule has 0 radical (unpaired) electrons. The second-order valence-electron chi connectivity index (χ2n) is 8.02. The van der Waals surface area contributed by atoms with E-state index in [1.54, 1.807) is 30.3 Å². The largest absolute Gasteiger partial charge is 0.416 e. The van der Waals surface area contributed by atoms with Crippen LogP contribution in [0.15, 0.2) is 70.0 Å². The Morgan fingerprint density at radius 2 is 1.84 bits per heavy atom. The van der Waals surface area contributed by atoms with Gasteiger partial charge in [-0.25, -0.2) is 13.9 Å². The van der Waals surface area contributed by atoms with Crippen molar-refractivity contribution in [1.29, 1.82) is 0 Å². The van der Waals surface area contributed by atoms with Crippen molar-refractivity contribution in [3.05, 3.63) is 110 Å². The van der Waals surface area contributed by atoms with Crippen molar-refractivity contribution in [2.45, 2.75) is 25.7 Å². The van der Waals surface area contributed by atoms with Gasteiger partial charge in [0.2, 0.25) is 5.89 Å². The van der Waals surface area contributed by atoms with Gasteiger partial charge >= 0.3 is 11.9 Å². The Morgan fingerprint density at radius 3 is 2.57 bits per heavy atom. The maximum Gasteiger partial charge on any atom is 0.416 e. The predicted molar refractivity (Wildman–Crippen MR) is 128 cm³/mol. The van der Waals surface area contributed by atoms with E-state index in [2.05, 4.69) is 15.2 Å². The lowest BCUT2D eigenvalue weighted by atomic mass is 10.1. The molecule has 0 atom stereocenters. The lowest BCUT2D eigenvalue weighted by Crippen LogP contribution is -2.26. The molecule has 5 aromatic rings. The van der Waals surface area contributed by atoms with Crippen molar-refractivity contribution in [2.75, 3.05) is 0 Å². The molecule has 0 amide bonds. The second-order valence-corrected chi connectivity index (χ2v) is 9.74. The van der Waals surface area contributed by atoms with E-state index in [9.17, 15) is 22.4 Å². The van der Waals surface area contributed by atoms with Crippen LogP contribution in [0.2, 0.25) is 4.34 Å². The summed E-state index contributed by atoms with van der Waals surface area (Å²) in [5.74, 6) is 0.0151. The van der Waals surface area contributed by atoms with Gasteiger partial charge in [0, 0.05) is 5.56 Å². The van der Waals surface area contributed by atoms with E-state index in [-0.39, 0.29) is 37.0 Å². The third-order valence-electron chi connectivity index (χ3n) is 5.41. The molecule has 3 aromatic heterocycles. The van der Waals surface area contributed by atoms with Gasteiger partial charge in [-0.3, -0.25) is 4.57 Å². The van der Waals surface area contributed by atoms with E-state index < -0.39 is 23.2 Å². The molecule has 0 bridgehead atoms. The first-order valence-corrected chi connectivity index (χ1v) is 12.0. The molecule has 190 valence electrons. The number of aromatic nitrogens is 5. The molecule has 0 spiro atoms. The van der Waals surface area contributed by atoms with Crippen LogP contribution >= 0.6 is 22.9 Å². The highest BCUT2D eigenvalue weighted by molar-refractivity contribution is 7.19. The van der Waals surface area contributed by atoms with E-state index in [4.69, 9.17) is 16.1 Å². The van der Waals surface area contributed by atoms with Gasteiger partial charge in [-0.2, -0.15) is 18.2 Å². The van der Waals surface area contributed by atoms with E-state index in [0.717, 1.165) is 16.8 Å². The first-order chi connectivity index (χ1) is 17.7. The first-order valence-electron chi connectivity index (χ1n) is 10.8. The molecule has 0 fully saturated rings. The molecule has 3 heterocycles. The SMILES string of the molecule is O=c1n(Cc2noc(Cc3cccc(C(F)(F)F)c3)n2)nc(-c2ccc(Cl)s2)n1Cc1ccccc1F. The predicted octanol–water partition coefficient (Wildman–Crippen LogP) is 5.66. The standard InChI is InChI=1S/C24H16ClF4N5O2S/c25-19-9-8-18(37-19)22-31-34(23(35)33(22)12-15-5-1-2-7-17(15)26)13-20-30-21(36-32-20)11-14-4-3-6-16(10-14)24(27,28)29/h1-10H,11-13H2. The average molecular weight is 550 g/mol. The number of hydrogen-bond donors (Lipinski definition) is 0. The molecule has 0 aliphatic heterocycles. The molecule has 37 heavy (non-hydrogen) atoms. The Morgan fingerprint density at radius 1 is 1.03 bits per heavy atom. The highest BCUT2D eigenvalue weighted by atomic mass is 35.5. The normalized spacial score (nSPS) is 11.8. The molecule has 0 saturated carbocycles. The summed E-state index contributed by atoms with van der Waals surface area (Å²) in [5.41, 5.74) is -0.672. The van der Waals surface area contributed by atoms with Crippen molar-refractivity contribution >= 4 is 22.9 Å². The van der Waals surface area contributed by atoms with Crippen molar-refractivity contribution < 1.29 is 22.1 Å². The molecule has 7 nitrogen and oxygen atoms in total. The molecular formula is C24H16ClF4N5O2S. The lowest BCUT2D eigenvalue weighted by Gasteiger charge is -2.07. The maximum atomic E-state index is 14.3. The number of rotatable bonds is 7. The summed E-state index contributed by atoms with van der Waals surface area (Å²) in [6.07, 6.45) is -4.49. The number of hydrogen-bond acceptors (Lipinski definition) is 6. The highest BCUT2D eigenvalue weighted by Crippen LogP contribution is 2.31. The Balaban J connectivity index is 1.42. The van der Waals surface area contributed by atoms with Crippen molar-refractivity contribution in [1.82, 2.24) is 24.5 Å². The van der Waals surface area contributed by atoms with E-state index in [1.807, 2.05) is 0 Å². The van der Waals surface area contributed by atoms with E-state index in [0.29, 0.717) is 20.3 Å². The number of halogens is 5. The Hall–Kier alpha value is -3.77. The summed E-state index contributed by atoms with van der Waals surface area (Å²) in [4.78, 5) is 18.0. The zero-order valence-corrected chi connectivity index (χ0v) is 20.3. The lowest BCUT2D eigenvalue weighted by molar-refractivity contribution is -0.137. The Labute approximate surface area is 215 Å². The third-order valence-corrected chi connectivity index (χ3v) is 6.64. The van der Waals surface area contributed by atoms with Gasteiger partial charge in [-0.05, 0) is 29.8 Å². The molecule has 0 saturated heterocycles. The summed E-state index contributed by atoms with van der Waals surface area (Å²) < 4.78 is 61.4. The highest BCUT2D eigenvalue weighted by Gasteiger charge is 2.30. The molecule has 0 unspecified atom stereocenters. The van der Waals surface area contributed by atoms with Gasteiger partial charge in [-0.1, -0.05) is 53.2 Å². The van der Waals surface area contributed by atoms with Gasteiger partial charge in [0.05, 0.1) is 27.7 Å². The van der Waals surface area contributed by atoms with Gasteiger partial charge < -0.3 is 4.52 Å². The van der Waals surface area contributed by atoms with Crippen molar-refractivity contribution in [3.63, 3.8) is 0 Å². The van der Waals surface area contributed by atoms with E-state index in [1.165, 1.54) is 34.1 Å². The molecule has 0 aliphatic carbocycles. The van der Waals surface area contributed by atoms with Crippen LogP contribution in [0.25, 0.3) is 10.7 Å². The van der Waals surface area contributed by atoms with Crippen molar-refractivity contribution in [2.24, 2.45) is 0 Å². The minimum absolute atomic E-state index is 0.0213. The Bertz CT molecular complexity index is 1620. The van der Waals surface area contributed by atoms with Gasteiger partial charge in [0.15, 0.2) is 11.6 Å². The van der Waals surface area contributed by atoms with Gasteiger partial charge in [0.25, 0.3) is 0 Å². The van der Waals surface area contributed by atoms with Crippen molar-refractivity contribution in [3.8, 4) is 10.7 Å². The van der Waals surface area contributed by atoms with Gasteiger partial charge in [-0.15, -0.1) is 16.4 Å². The van der Waals surface area contributed by atoms with E-state index >= 15 is 0 Å². The Kier molecular flexibility index (Phi) is 6.69. The zero-order valence-electron chi connectivity index (χ0n) is 18.7. The molecule has 5 rings (SSSR count). The fourth-order valence-electron chi connectivity index (χ4n) is 3.69. The van der Waals surface area contributed by atoms with Crippen LogP contribution in [0.1, 0.15) is 28.4 Å². The summed E-state index contributed by atoms with van der Waals surface area (Å²) >= 11 is 7.28. The zero-order chi connectivity index (χ0) is 26.2. The molecular weight excluding hydrogens is 534 g/mol. The first kappa shape index (κ1) is 24.9. The van der Waals surface area contributed by atoms with Crippen LogP contribution in [-0.4, -0.2) is 24.5 Å². The number of nitrogens with zero attached hydrogens (tertiary/aromatic N) is 5. The number of benzene rings is 2. The minimum Gasteiger partial charge on any atom is -0.339 e. The molecule has 0 N–H and O–H groups in total. The summed E-state index contributed by atoms with van der Waals surface area (Å²) in [6.45, 7) is -0.231. The van der Waals surface area contributed by atoms with Crippen LogP contribution in [0.4, 0.5) is 17.6 Å².